The summed E-state index contributed by atoms with van der Waals surface area (Å²) in [6.45, 7) is 0. The first-order valence-corrected chi connectivity index (χ1v) is 19.3. The Kier molecular flexibility index (Phi) is 7.11. The molecule has 0 atom stereocenters. The predicted molar refractivity (Wildman–Crippen MR) is 235 cm³/mol. The highest BCUT2D eigenvalue weighted by Gasteiger charge is 2.17. The van der Waals surface area contributed by atoms with E-state index in [1.54, 1.807) is 0 Å². The van der Waals surface area contributed by atoms with Gasteiger partial charge in [-0.25, -0.2) is 0 Å². The van der Waals surface area contributed by atoms with Crippen LogP contribution in [0.1, 0.15) is 0 Å². The molecular formula is C52H33NS. The number of thiophene rings is 1. The van der Waals surface area contributed by atoms with Crippen molar-refractivity contribution in [3.8, 4) is 22.3 Å². The molecule has 0 fully saturated rings. The number of hydrogen-bond acceptors (Lipinski definition) is 2. The molecule has 1 aromatic heterocycles. The molecule has 0 aliphatic heterocycles. The van der Waals surface area contributed by atoms with E-state index < -0.39 is 0 Å². The summed E-state index contributed by atoms with van der Waals surface area (Å²) in [7, 11) is 0. The smallest absolute Gasteiger partial charge is 0.0476 e. The fourth-order valence-electron chi connectivity index (χ4n) is 8.47. The van der Waals surface area contributed by atoms with Gasteiger partial charge < -0.3 is 4.90 Å². The lowest BCUT2D eigenvalue weighted by atomic mass is 9.90. The van der Waals surface area contributed by atoms with Crippen molar-refractivity contribution in [2.24, 2.45) is 0 Å². The average molecular weight is 704 g/mol. The maximum atomic E-state index is 2.40. The summed E-state index contributed by atoms with van der Waals surface area (Å²) in [5.74, 6) is 0. The number of hydrogen-bond donors (Lipinski definition) is 0. The third-order valence-corrected chi connectivity index (χ3v) is 12.2. The van der Waals surface area contributed by atoms with Crippen molar-refractivity contribution in [2.45, 2.75) is 0 Å². The maximum absolute atomic E-state index is 2.40. The number of benzene rings is 10. The summed E-state index contributed by atoms with van der Waals surface area (Å²) in [5, 5.41) is 12.8. The van der Waals surface area contributed by atoms with Crippen LogP contribution in [0, 0.1) is 0 Å². The molecule has 11 rings (SSSR count). The molecule has 0 N–H and O–H groups in total. The van der Waals surface area contributed by atoms with Gasteiger partial charge in [0.05, 0.1) is 0 Å². The SMILES string of the molecule is c1ccc2c(-c3ccc(N(c4ccc(-c5cc6ccccc6c6ccc7ccccc7c56)cc4)c4ccc5c(c4)sc4ccccc45)cc3)cccc2c1. The second-order valence-corrected chi connectivity index (χ2v) is 15.2. The van der Waals surface area contributed by atoms with Gasteiger partial charge in [0, 0.05) is 37.2 Å². The fraction of sp³-hybridized carbons (Fsp3) is 0. The molecule has 2 heteroatoms. The number of anilines is 3. The summed E-state index contributed by atoms with van der Waals surface area (Å²) < 4.78 is 2.60. The van der Waals surface area contributed by atoms with Gasteiger partial charge in [-0.05, 0) is 114 Å². The van der Waals surface area contributed by atoms with Crippen molar-refractivity contribution in [3.63, 3.8) is 0 Å². The largest absolute Gasteiger partial charge is 0.310 e. The van der Waals surface area contributed by atoms with Crippen LogP contribution in [-0.2, 0) is 0 Å². The Hall–Kier alpha value is -6.74. The summed E-state index contributed by atoms with van der Waals surface area (Å²) in [6, 6.07) is 73.5. The molecule has 0 saturated heterocycles. The third kappa shape index (κ3) is 4.99. The van der Waals surface area contributed by atoms with E-state index in [-0.39, 0.29) is 0 Å². The van der Waals surface area contributed by atoms with Gasteiger partial charge in [0.1, 0.15) is 0 Å². The van der Waals surface area contributed by atoms with E-state index in [0.29, 0.717) is 0 Å². The van der Waals surface area contributed by atoms with Gasteiger partial charge in [0.25, 0.3) is 0 Å². The molecule has 0 unspecified atom stereocenters. The van der Waals surface area contributed by atoms with Gasteiger partial charge in [-0.15, -0.1) is 11.3 Å². The standard InChI is InChI=1S/C52H33NS/c1-4-14-42-34(10-1)13-9-18-43(42)36-20-25-39(26-21-36)53(41-29-31-47-46-17-7-8-19-50(46)54-51(47)33-41)40-27-22-37(23-28-40)49-32-38-12-3-5-15-44(38)48-30-24-35-11-2-6-16-45(35)52(48)49/h1-33H. The van der Waals surface area contributed by atoms with Gasteiger partial charge in [0.2, 0.25) is 0 Å². The molecule has 0 radical (unpaired) electrons. The van der Waals surface area contributed by atoms with Crippen molar-refractivity contribution in [3.05, 3.63) is 200 Å². The van der Waals surface area contributed by atoms with Gasteiger partial charge in [0.15, 0.2) is 0 Å². The average Bonchev–Trinajstić information content (AvgIpc) is 3.62. The van der Waals surface area contributed by atoms with Crippen molar-refractivity contribution in [1.29, 1.82) is 0 Å². The van der Waals surface area contributed by atoms with Crippen LogP contribution in [-0.4, -0.2) is 0 Å². The first kappa shape index (κ1) is 30.8. The van der Waals surface area contributed by atoms with Crippen LogP contribution in [0.15, 0.2) is 200 Å². The van der Waals surface area contributed by atoms with E-state index in [1.807, 2.05) is 11.3 Å². The molecule has 0 amide bonds. The summed E-state index contributed by atoms with van der Waals surface area (Å²) in [4.78, 5) is 2.40. The number of fused-ring (bicyclic) bond motifs is 9. The van der Waals surface area contributed by atoms with Crippen LogP contribution >= 0.6 is 11.3 Å². The molecule has 252 valence electrons. The second-order valence-electron chi connectivity index (χ2n) is 14.1. The highest BCUT2D eigenvalue weighted by molar-refractivity contribution is 7.25. The Bertz CT molecular complexity index is 3200. The lowest BCUT2D eigenvalue weighted by Gasteiger charge is -2.26. The molecule has 0 bridgehead atoms. The van der Waals surface area contributed by atoms with Crippen molar-refractivity contribution >= 4 is 91.7 Å². The van der Waals surface area contributed by atoms with E-state index in [1.165, 1.54) is 85.5 Å². The minimum absolute atomic E-state index is 1.12. The summed E-state index contributed by atoms with van der Waals surface area (Å²) in [5.41, 5.74) is 8.30. The van der Waals surface area contributed by atoms with Gasteiger partial charge in [-0.1, -0.05) is 152 Å². The highest BCUT2D eigenvalue weighted by atomic mass is 32.1. The third-order valence-electron chi connectivity index (χ3n) is 11.0. The van der Waals surface area contributed by atoms with Gasteiger partial charge in [-0.3, -0.25) is 0 Å². The van der Waals surface area contributed by atoms with Crippen LogP contribution in [0.3, 0.4) is 0 Å². The first-order chi connectivity index (χ1) is 26.8. The quantitative estimate of drug-likeness (QED) is 0.161. The van der Waals surface area contributed by atoms with Crippen LogP contribution in [0.25, 0.3) is 85.5 Å². The predicted octanol–water partition coefficient (Wildman–Crippen LogP) is 15.5. The molecule has 11 aromatic rings. The normalized spacial score (nSPS) is 11.7. The van der Waals surface area contributed by atoms with E-state index >= 15 is 0 Å². The van der Waals surface area contributed by atoms with Crippen LogP contribution in [0.2, 0.25) is 0 Å². The van der Waals surface area contributed by atoms with E-state index in [0.717, 1.165) is 17.1 Å². The Balaban J connectivity index is 1.07. The minimum atomic E-state index is 1.12. The summed E-state index contributed by atoms with van der Waals surface area (Å²) in [6.07, 6.45) is 0. The Morgan fingerprint density at radius 1 is 0.296 bits per heavy atom. The van der Waals surface area contributed by atoms with Crippen LogP contribution in [0.5, 0.6) is 0 Å². The molecule has 10 aromatic carbocycles. The lowest BCUT2D eigenvalue weighted by Crippen LogP contribution is -2.09. The fourth-order valence-corrected chi connectivity index (χ4v) is 9.61. The zero-order chi connectivity index (χ0) is 35.6. The van der Waals surface area contributed by atoms with Crippen molar-refractivity contribution in [1.82, 2.24) is 0 Å². The number of nitrogens with zero attached hydrogens (tertiary/aromatic N) is 1. The Labute approximate surface area is 317 Å². The molecule has 0 aliphatic carbocycles. The van der Waals surface area contributed by atoms with E-state index in [9.17, 15) is 0 Å². The van der Waals surface area contributed by atoms with E-state index in [4.69, 9.17) is 0 Å². The topological polar surface area (TPSA) is 3.24 Å². The molecule has 1 heterocycles. The molecule has 0 spiro atoms. The second kappa shape index (κ2) is 12.4. The molecule has 54 heavy (non-hydrogen) atoms. The maximum Gasteiger partial charge on any atom is 0.0476 e. The van der Waals surface area contributed by atoms with Crippen molar-refractivity contribution in [2.75, 3.05) is 4.90 Å². The first-order valence-electron chi connectivity index (χ1n) is 18.5. The van der Waals surface area contributed by atoms with E-state index in [2.05, 4.69) is 205 Å². The lowest BCUT2D eigenvalue weighted by molar-refractivity contribution is 1.29. The molecule has 1 nitrogen and oxygen atoms in total. The van der Waals surface area contributed by atoms with Gasteiger partial charge >= 0.3 is 0 Å². The van der Waals surface area contributed by atoms with Crippen LogP contribution in [0.4, 0.5) is 17.1 Å². The zero-order valence-corrected chi connectivity index (χ0v) is 30.2. The van der Waals surface area contributed by atoms with Gasteiger partial charge in [-0.2, -0.15) is 0 Å². The van der Waals surface area contributed by atoms with Crippen molar-refractivity contribution < 1.29 is 0 Å². The Morgan fingerprint density at radius 2 is 0.833 bits per heavy atom. The summed E-state index contributed by atoms with van der Waals surface area (Å²) >= 11 is 1.86. The Morgan fingerprint density at radius 3 is 1.59 bits per heavy atom. The number of rotatable bonds is 5. The van der Waals surface area contributed by atoms with Crippen LogP contribution < -0.4 is 4.90 Å². The highest BCUT2D eigenvalue weighted by Crippen LogP contribution is 2.43. The minimum Gasteiger partial charge on any atom is -0.310 e. The monoisotopic (exact) mass is 703 g/mol. The molecule has 0 aliphatic rings. The molecular weight excluding hydrogens is 671 g/mol. The zero-order valence-electron chi connectivity index (χ0n) is 29.4. The molecule has 0 saturated carbocycles.